The van der Waals surface area contributed by atoms with Gasteiger partial charge in [-0.3, -0.25) is 0 Å². The van der Waals surface area contributed by atoms with Crippen LogP contribution in [0.4, 0.5) is 0 Å². The third-order valence-corrected chi connectivity index (χ3v) is 3.66. The number of carboxylic acids is 1. The van der Waals surface area contributed by atoms with Crippen LogP contribution < -0.4 is 4.74 Å². The summed E-state index contributed by atoms with van der Waals surface area (Å²) in [5.74, 6) is -1.10. The zero-order valence-corrected chi connectivity index (χ0v) is 12.2. The molecule has 20 heavy (non-hydrogen) atoms. The number of methoxy groups -OCH3 is 1. The molecule has 5 nitrogen and oxygen atoms in total. The van der Waals surface area contributed by atoms with Crippen molar-refractivity contribution in [2.75, 3.05) is 20.3 Å². The molecule has 1 heterocycles. The molecule has 0 atom stereocenters. The number of nitrogens with zero attached hydrogens (tertiary/aromatic N) is 1. The number of carboxylic acid groups (broad SMARTS) is 1. The van der Waals surface area contributed by atoms with Crippen molar-refractivity contribution >= 4 is 28.9 Å². The molecule has 0 fully saturated rings. The fraction of sp³-hybridized carbons (Fsp3) is 0.231. The average Bonchev–Trinajstić information content (AvgIpc) is 2.83. The summed E-state index contributed by atoms with van der Waals surface area (Å²) in [6.07, 6.45) is 0. The molecular formula is C13H12ClNO4S. The molecule has 0 saturated heterocycles. The number of hydrogen-bond donors (Lipinski definition) is 1. The summed E-state index contributed by atoms with van der Waals surface area (Å²) in [7, 11) is 1.56. The van der Waals surface area contributed by atoms with Crippen LogP contribution in [0.15, 0.2) is 24.3 Å². The quantitative estimate of drug-likeness (QED) is 0.829. The number of rotatable bonds is 6. The van der Waals surface area contributed by atoms with Crippen LogP contribution in [0.2, 0.25) is 5.02 Å². The van der Waals surface area contributed by atoms with E-state index in [-0.39, 0.29) is 5.69 Å². The molecule has 106 valence electrons. The van der Waals surface area contributed by atoms with Crippen LogP contribution in [-0.2, 0) is 4.74 Å². The smallest absolute Gasteiger partial charge is 0.356 e. The van der Waals surface area contributed by atoms with E-state index in [1.165, 1.54) is 11.3 Å². The second kappa shape index (κ2) is 6.69. The zero-order chi connectivity index (χ0) is 14.5. The van der Waals surface area contributed by atoms with Gasteiger partial charge in [0.2, 0.25) is 0 Å². The maximum absolute atomic E-state index is 11.3. The summed E-state index contributed by atoms with van der Waals surface area (Å²) in [6, 6.07) is 6.96. The minimum Gasteiger partial charge on any atom is -0.476 e. The van der Waals surface area contributed by atoms with E-state index < -0.39 is 5.97 Å². The molecule has 0 bridgehead atoms. The van der Waals surface area contributed by atoms with Crippen molar-refractivity contribution in [2.45, 2.75) is 0 Å². The number of hydrogen-bond acceptors (Lipinski definition) is 5. The van der Waals surface area contributed by atoms with E-state index in [1.54, 1.807) is 31.4 Å². The molecule has 0 saturated carbocycles. The van der Waals surface area contributed by atoms with Gasteiger partial charge in [0.25, 0.3) is 5.19 Å². The number of ether oxygens (including phenoxy) is 2. The summed E-state index contributed by atoms with van der Waals surface area (Å²) >= 11 is 7.10. The summed E-state index contributed by atoms with van der Waals surface area (Å²) < 4.78 is 10.2. The lowest BCUT2D eigenvalue weighted by Crippen LogP contribution is -2.04. The van der Waals surface area contributed by atoms with Gasteiger partial charge in [0, 0.05) is 12.1 Å². The third-order valence-electron chi connectivity index (χ3n) is 2.41. The van der Waals surface area contributed by atoms with Crippen molar-refractivity contribution < 1.29 is 19.4 Å². The van der Waals surface area contributed by atoms with Crippen molar-refractivity contribution in [1.82, 2.24) is 4.98 Å². The van der Waals surface area contributed by atoms with E-state index in [0.29, 0.717) is 33.9 Å². The van der Waals surface area contributed by atoms with Crippen LogP contribution >= 0.6 is 22.9 Å². The largest absolute Gasteiger partial charge is 0.476 e. The van der Waals surface area contributed by atoms with E-state index in [1.807, 2.05) is 0 Å². The van der Waals surface area contributed by atoms with E-state index >= 15 is 0 Å². The SMILES string of the molecule is COCCOc1nc(C(=O)O)c(-c2cccc(Cl)c2)s1. The summed E-state index contributed by atoms with van der Waals surface area (Å²) in [4.78, 5) is 15.8. The molecule has 0 amide bonds. The highest BCUT2D eigenvalue weighted by Crippen LogP contribution is 2.35. The Morgan fingerprint density at radius 2 is 2.25 bits per heavy atom. The molecule has 0 aliphatic carbocycles. The lowest BCUT2D eigenvalue weighted by Gasteiger charge is -1.99. The standard InChI is InChI=1S/C13H12ClNO4S/c1-18-5-6-19-13-15-10(12(16)17)11(20-13)8-3-2-4-9(14)7-8/h2-4,7H,5-6H2,1H3,(H,16,17). The monoisotopic (exact) mass is 313 g/mol. The highest BCUT2D eigenvalue weighted by Gasteiger charge is 2.19. The van der Waals surface area contributed by atoms with Gasteiger partial charge in [-0.1, -0.05) is 35.1 Å². The molecule has 0 aliphatic heterocycles. The molecule has 7 heteroatoms. The Labute approximate surface area is 124 Å². The van der Waals surface area contributed by atoms with Crippen LogP contribution in [0.5, 0.6) is 5.19 Å². The Hall–Kier alpha value is -1.63. The molecule has 0 spiro atoms. The zero-order valence-electron chi connectivity index (χ0n) is 10.6. The Morgan fingerprint density at radius 1 is 1.45 bits per heavy atom. The van der Waals surface area contributed by atoms with Crippen molar-refractivity contribution in [3.05, 3.63) is 35.0 Å². The first-order valence-corrected chi connectivity index (χ1v) is 6.93. The Kier molecular flexibility index (Phi) is 4.94. The van der Waals surface area contributed by atoms with Gasteiger partial charge in [-0.05, 0) is 17.7 Å². The van der Waals surface area contributed by atoms with Gasteiger partial charge in [-0.2, -0.15) is 4.98 Å². The maximum Gasteiger partial charge on any atom is 0.356 e. The van der Waals surface area contributed by atoms with Crippen LogP contribution in [0, 0.1) is 0 Å². The number of aromatic carboxylic acids is 1. The van der Waals surface area contributed by atoms with Crippen molar-refractivity contribution in [3.8, 4) is 15.6 Å². The minimum atomic E-state index is -1.10. The number of halogens is 1. The first-order chi connectivity index (χ1) is 9.61. The lowest BCUT2D eigenvalue weighted by atomic mass is 10.1. The summed E-state index contributed by atoms with van der Waals surface area (Å²) in [6.45, 7) is 0.729. The van der Waals surface area contributed by atoms with Gasteiger partial charge in [0.05, 0.1) is 11.5 Å². The van der Waals surface area contributed by atoms with Crippen molar-refractivity contribution in [3.63, 3.8) is 0 Å². The average molecular weight is 314 g/mol. The normalized spacial score (nSPS) is 10.5. The Balaban J connectivity index is 2.33. The second-order valence-corrected chi connectivity index (χ2v) is 5.21. The van der Waals surface area contributed by atoms with Crippen LogP contribution in [0.3, 0.4) is 0 Å². The first kappa shape index (κ1) is 14.8. The highest BCUT2D eigenvalue weighted by molar-refractivity contribution is 7.17. The van der Waals surface area contributed by atoms with Crippen LogP contribution in [0.1, 0.15) is 10.5 Å². The summed E-state index contributed by atoms with van der Waals surface area (Å²) in [5.41, 5.74) is 0.665. The number of benzene rings is 1. The van der Waals surface area contributed by atoms with E-state index in [0.717, 1.165) is 0 Å². The fourth-order valence-corrected chi connectivity index (χ4v) is 2.66. The number of aromatic nitrogens is 1. The predicted octanol–water partition coefficient (Wildman–Crippen LogP) is 3.19. The first-order valence-electron chi connectivity index (χ1n) is 5.73. The Bertz CT molecular complexity index is 614. The molecule has 1 N–H and O–H groups in total. The summed E-state index contributed by atoms with van der Waals surface area (Å²) in [5, 5.41) is 10.0. The van der Waals surface area contributed by atoms with E-state index in [9.17, 15) is 9.90 Å². The maximum atomic E-state index is 11.3. The van der Waals surface area contributed by atoms with Crippen molar-refractivity contribution in [1.29, 1.82) is 0 Å². The van der Waals surface area contributed by atoms with Crippen molar-refractivity contribution in [2.24, 2.45) is 0 Å². The fourth-order valence-electron chi connectivity index (χ4n) is 1.54. The van der Waals surface area contributed by atoms with Gasteiger partial charge in [-0.15, -0.1) is 0 Å². The molecule has 2 aromatic rings. The van der Waals surface area contributed by atoms with Gasteiger partial charge in [-0.25, -0.2) is 4.79 Å². The highest BCUT2D eigenvalue weighted by atomic mass is 35.5. The lowest BCUT2D eigenvalue weighted by molar-refractivity contribution is 0.0691. The molecule has 0 aliphatic rings. The third kappa shape index (κ3) is 3.47. The minimum absolute atomic E-state index is 0.0373. The number of carbonyl (C=O) groups is 1. The van der Waals surface area contributed by atoms with Gasteiger partial charge in [0.15, 0.2) is 5.69 Å². The van der Waals surface area contributed by atoms with Gasteiger partial charge in [0.1, 0.15) is 6.61 Å². The molecule has 0 unspecified atom stereocenters. The molecule has 1 aromatic carbocycles. The van der Waals surface area contributed by atoms with Crippen LogP contribution in [-0.4, -0.2) is 36.4 Å². The van der Waals surface area contributed by atoms with Gasteiger partial charge < -0.3 is 14.6 Å². The van der Waals surface area contributed by atoms with E-state index in [4.69, 9.17) is 21.1 Å². The predicted molar refractivity (Wildman–Crippen MR) is 76.9 cm³/mol. The topological polar surface area (TPSA) is 68.7 Å². The van der Waals surface area contributed by atoms with E-state index in [2.05, 4.69) is 4.98 Å². The molecule has 1 aromatic heterocycles. The second-order valence-electron chi connectivity index (χ2n) is 3.81. The number of thiazole rings is 1. The Morgan fingerprint density at radius 3 is 2.90 bits per heavy atom. The molecule has 2 rings (SSSR count). The van der Waals surface area contributed by atoms with Gasteiger partial charge >= 0.3 is 5.97 Å². The molecule has 0 radical (unpaired) electrons. The van der Waals surface area contributed by atoms with Crippen LogP contribution in [0.25, 0.3) is 10.4 Å². The molecular weight excluding hydrogens is 302 g/mol.